The second-order valence-corrected chi connectivity index (χ2v) is 5.49. The molecule has 0 fully saturated rings. The minimum atomic E-state index is -0.606. The van der Waals surface area contributed by atoms with Crippen LogP contribution in [0.1, 0.15) is 26.3 Å². The first-order chi connectivity index (χ1) is 7.92. The van der Waals surface area contributed by atoms with Crippen LogP contribution in [0.15, 0.2) is 30.3 Å². The molecule has 1 N–H and O–H groups in total. The topological polar surface area (TPSA) is 23.5 Å². The van der Waals surface area contributed by atoms with Gasteiger partial charge in [-0.1, -0.05) is 44.2 Å². The lowest BCUT2D eigenvalue weighted by Crippen LogP contribution is -2.43. The van der Waals surface area contributed by atoms with Crippen molar-refractivity contribution in [1.82, 2.24) is 4.90 Å². The number of hydrogen-bond acceptors (Lipinski definition) is 2. The third-order valence-corrected chi connectivity index (χ3v) is 3.46. The van der Waals surface area contributed by atoms with E-state index >= 15 is 0 Å². The Morgan fingerprint density at radius 3 is 2.35 bits per heavy atom. The van der Waals surface area contributed by atoms with E-state index in [9.17, 15) is 5.11 Å². The summed E-state index contributed by atoms with van der Waals surface area (Å²) in [6.07, 6.45) is 1.03. The van der Waals surface area contributed by atoms with Crippen molar-refractivity contribution in [3.05, 3.63) is 35.9 Å². The zero-order valence-electron chi connectivity index (χ0n) is 11.5. The second kappa shape index (κ2) is 6.18. The van der Waals surface area contributed by atoms with Crippen molar-refractivity contribution in [3.63, 3.8) is 0 Å². The standard InChI is InChI=1S/C15H25NO/c1-13(2)15(3,17)12-16(4)11-10-14-8-6-5-7-9-14/h5-9,13,17H,10-12H2,1-4H3. The molecule has 0 aromatic heterocycles. The van der Waals surface area contributed by atoms with Crippen molar-refractivity contribution in [1.29, 1.82) is 0 Å². The highest BCUT2D eigenvalue weighted by Crippen LogP contribution is 2.17. The molecule has 0 saturated carbocycles. The summed E-state index contributed by atoms with van der Waals surface area (Å²) in [5.74, 6) is 0.279. The third kappa shape index (κ3) is 4.88. The Hall–Kier alpha value is -0.860. The van der Waals surface area contributed by atoms with Gasteiger partial charge < -0.3 is 10.0 Å². The molecule has 1 rings (SSSR count). The fraction of sp³-hybridized carbons (Fsp3) is 0.600. The summed E-state index contributed by atoms with van der Waals surface area (Å²) in [5.41, 5.74) is 0.745. The summed E-state index contributed by atoms with van der Waals surface area (Å²) >= 11 is 0. The monoisotopic (exact) mass is 235 g/mol. The van der Waals surface area contributed by atoms with Crippen LogP contribution >= 0.6 is 0 Å². The van der Waals surface area contributed by atoms with Crippen molar-refractivity contribution in [2.45, 2.75) is 32.8 Å². The lowest BCUT2D eigenvalue weighted by Gasteiger charge is -2.32. The van der Waals surface area contributed by atoms with Crippen LogP contribution in [0.25, 0.3) is 0 Å². The van der Waals surface area contributed by atoms with E-state index in [0.717, 1.165) is 19.5 Å². The Balaban J connectivity index is 2.38. The van der Waals surface area contributed by atoms with E-state index in [4.69, 9.17) is 0 Å². The highest BCUT2D eigenvalue weighted by atomic mass is 16.3. The smallest absolute Gasteiger partial charge is 0.0768 e. The molecule has 0 spiro atoms. The predicted octanol–water partition coefficient (Wildman–Crippen LogP) is 2.57. The summed E-state index contributed by atoms with van der Waals surface area (Å²) in [5, 5.41) is 10.2. The van der Waals surface area contributed by atoms with E-state index < -0.39 is 5.60 Å². The number of benzene rings is 1. The van der Waals surface area contributed by atoms with E-state index in [-0.39, 0.29) is 5.92 Å². The van der Waals surface area contributed by atoms with E-state index in [0.29, 0.717) is 0 Å². The molecule has 0 amide bonds. The minimum Gasteiger partial charge on any atom is -0.389 e. The highest BCUT2D eigenvalue weighted by Gasteiger charge is 2.26. The third-order valence-electron chi connectivity index (χ3n) is 3.46. The summed E-state index contributed by atoms with van der Waals surface area (Å²) in [6, 6.07) is 10.5. The normalized spacial score (nSPS) is 15.2. The zero-order valence-corrected chi connectivity index (χ0v) is 11.5. The van der Waals surface area contributed by atoms with Gasteiger partial charge in [0.2, 0.25) is 0 Å². The molecule has 1 aromatic carbocycles. The van der Waals surface area contributed by atoms with Crippen LogP contribution in [0, 0.1) is 5.92 Å². The maximum Gasteiger partial charge on any atom is 0.0768 e. The zero-order chi connectivity index (χ0) is 12.9. The van der Waals surface area contributed by atoms with Crippen LogP contribution < -0.4 is 0 Å². The Bertz CT molecular complexity index is 319. The van der Waals surface area contributed by atoms with Gasteiger partial charge in [-0.2, -0.15) is 0 Å². The van der Waals surface area contributed by atoms with Crippen LogP contribution in [0.3, 0.4) is 0 Å². The lowest BCUT2D eigenvalue weighted by molar-refractivity contribution is -0.0128. The molecule has 1 aromatic rings. The van der Waals surface area contributed by atoms with E-state index in [1.54, 1.807) is 0 Å². The number of aliphatic hydroxyl groups is 1. The van der Waals surface area contributed by atoms with Gasteiger partial charge in [0.25, 0.3) is 0 Å². The van der Waals surface area contributed by atoms with Crippen molar-refractivity contribution < 1.29 is 5.11 Å². The van der Waals surface area contributed by atoms with Crippen LogP contribution in [0.4, 0.5) is 0 Å². The fourth-order valence-corrected chi connectivity index (χ4v) is 1.77. The molecule has 96 valence electrons. The molecule has 0 aliphatic carbocycles. The molecule has 2 nitrogen and oxygen atoms in total. The second-order valence-electron chi connectivity index (χ2n) is 5.49. The molecule has 0 heterocycles. The average molecular weight is 235 g/mol. The number of rotatable bonds is 6. The lowest BCUT2D eigenvalue weighted by atomic mass is 9.92. The predicted molar refractivity (Wildman–Crippen MR) is 73.1 cm³/mol. The number of hydrogen-bond donors (Lipinski definition) is 1. The SMILES string of the molecule is CC(C)C(C)(O)CN(C)CCc1ccccc1. The highest BCUT2D eigenvalue weighted by molar-refractivity contribution is 5.14. The van der Waals surface area contributed by atoms with Crippen molar-refractivity contribution in [2.75, 3.05) is 20.1 Å². The molecule has 0 aliphatic rings. The van der Waals surface area contributed by atoms with Crippen LogP contribution in [-0.2, 0) is 6.42 Å². The van der Waals surface area contributed by atoms with Crippen molar-refractivity contribution in [3.8, 4) is 0 Å². The quantitative estimate of drug-likeness (QED) is 0.819. The van der Waals surface area contributed by atoms with Gasteiger partial charge in [0.1, 0.15) is 0 Å². The van der Waals surface area contributed by atoms with Gasteiger partial charge in [-0.3, -0.25) is 0 Å². The molecule has 0 saturated heterocycles. The Morgan fingerprint density at radius 2 is 1.82 bits per heavy atom. The van der Waals surface area contributed by atoms with E-state index in [1.165, 1.54) is 5.56 Å². The average Bonchev–Trinajstić information content (AvgIpc) is 2.27. The molecular weight excluding hydrogens is 210 g/mol. The number of nitrogens with zero attached hydrogens (tertiary/aromatic N) is 1. The molecule has 1 unspecified atom stereocenters. The van der Waals surface area contributed by atoms with Crippen LogP contribution in [0.2, 0.25) is 0 Å². The fourth-order valence-electron chi connectivity index (χ4n) is 1.77. The maximum atomic E-state index is 10.2. The molecule has 0 radical (unpaired) electrons. The number of likely N-dealkylation sites (N-methyl/N-ethyl adjacent to an activating group) is 1. The maximum absolute atomic E-state index is 10.2. The van der Waals surface area contributed by atoms with Gasteiger partial charge in [0.05, 0.1) is 5.60 Å². The van der Waals surface area contributed by atoms with Crippen molar-refractivity contribution in [2.24, 2.45) is 5.92 Å². The summed E-state index contributed by atoms with van der Waals surface area (Å²) in [7, 11) is 2.07. The largest absolute Gasteiger partial charge is 0.389 e. The Morgan fingerprint density at radius 1 is 1.24 bits per heavy atom. The van der Waals surface area contributed by atoms with Crippen LogP contribution in [0.5, 0.6) is 0 Å². The van der Waals surface area contributed by atoms with Gasteiger partial charge in [-0.25, -0.2) is 0 Å². The van der Waals surface area contributed by atoms with Gasteiger partial charge in [-0.05, 0) is 31.9 Å². The van der Waals surface area contributed by atoms with E-state index in [2.05, 4.69) is 50.1 Å². The molecule has 0 bridgehead atoms. The summed E-state index contributed by atoms with van der Waals surface area (Å²) in [4.78, 5) is 2.20. The van der Waals surface area contributed by atoms with Gasteiger partial charge in [0, 0.05) is 13.1 Å². The first-order valence-corrected chi connectivity index (χ1v) is 6.36. The Kier molecular flexibility index (Phi) is 5.16. The van der Waals surface area contributed by atoms with Crippen molar-refractivity contribution >= 4 is 0 Å². The van der Waals surface area contributed by atoms with Crippen LogP contribution in [-0.4, -0.2) is 35.7 Å². The van der Waals surface area contributed by atoms with Gasteiger partial charge in [0.15, 0.2) is 0 Å². The molecule has 2 heteroatoms. The van der Waals surface area contributed by atoms with Gasteiger partial charge in [-0.15, -0.1) is 0 Å². The van der Waals surface area contributed by atoms with E-state index in [1.807, 2.05) is 13.0 Å². The first kappa shape index (κ1) is 14.2. The summed E-state index contributed by atoms with van der Waals surface area (Å²) < 4.78 is 0. The Labute approximate surface area is 105 Å². The molecule has 17 heavy (non-hydrogen) atoms. The molecule has 0 aliphatic heterocycles. The molecular formula is C15H25NO. The first-order valence-electron chi connectivity index (χ1n) is 6.36. The van der Waals surface area contributed by atoms with Gasteiger partial charge >= 0.3 is 0 Å². The molecule has 1 atom stereocenters. The summed E-state index contributed by atoms with van der Waals surface area (Å²) in [6.45, 7) is 7.73. The minimum absolute atomic E-state index is 0.279.